The summed E-state index contributed by atoms with van der Waals surface area (Å²) in [5, 5.41) is 8.58. The summed E-state index contributed by atoms with van der Waals surface area (Å²) >= 11 is 0. The van der Waals surface area contributed by atoms with Gasteiger partial charge in [0.2, 0.25) is 12.7 Å². The van der Waals surface area contributed by atoms with Gasteiger partial charge in [0.25, 0.3) is 0 Å². The SMILES string of the molecule is CC(Oc1nnc(N2CCOCC2)n1Cc1ccccc1)C(=O)Oc1ccc2c(c1)OCO2. The number of morpholine rings is 1. The van der Waals surface area contributed by atoms with Crippen molar-refractivity contribution in [1.82, 2.24) is 14.8 Å². The molecule has 10 nitrogen and oxygen atoms in total. The maximum Gasteiger partial charge on any atom is 0.352 e. The molecule has 0 radical (unpaired) electrons. The number of aromatic nitrogens is 3. The number of fused-ring (bicyclic) bond motifs is 1. The Hall–Kier alpha value is -3.79. The number of carbonyl (C=O) groups is 1. The molecule has 172 valence electrons. The lowest BCUT2D eigenvalue weighted by atomic mass is 10.2. The van der Waals surface area contributed by atoms with Crippen molar-refractivity contribution >= 4 is 11.9 Å². The molecule has 0 spiro atoms. The van der Waals surface area contributed by atoms with Crippen molar-refractivity contribution in [3.63, 3.8) is 0 Å². The third-order valence-corrected chi connectivity index (χ3v) is 5.35. The summed E-state index contributed by atoms with van der Waals surface area (Å²) in [6, 6.07) is 15.1. The molecule has 1 aromatic heterocycles. The van der Waals surface area contributed by atoms with Crippen molar-refractivity contribution in [2.45, 2.75) is 19.6 Å². The highest BCUT2D eigenvalue weighted by Crippen LogP contribution is 2.35. The van der Waals surface area contributed by atoms with Gasteiger partial charge in [0.15, 0.2) is 17.6 Å². The van der Waals surface area contributed by atoms with E-state index >= 15 is 0 Å². The lowest BCUT2D eigenvalue weighted by Gasteiger charge is -2.28. The summed E-state index contributed by atoms with van der Waals surface area (Å²) in [6.45, 7) is 4.91. The van der Waals surface area contributed by atoms with Crippen molar-refractivity contribution in [3.8, 4) is 23.3 Å². The molecule has 33 heavy (non-hydrogen) atoms. The smallest absolute Gasteiger partial charge is 0.352 e. The van der Waals surface area contributed by atoms with Crippen LogP contribution >= 0.6 is 0 Å². The van der Waals surface area contributed by atoms with Crippen molar-refractivity contribution in [3.05, 3.63) is 54.1 Å². The molecule has 2 aromatic carbocycles. The van der Waals surface area contributed by atoms with Gasteiger partial charge in [0.1, 0.15) is 5.75 Å². The van der Waals surface area contributed by atoms with Crippen LogP contribution in [0.3, 0.4) is 0 Å². The van der Waals surface area contributed by atoms with Crippen LogP contribution in [-0.2, 0) is 16.1 Å². The van der Waals surface area contributed by atoms with Gasteiger partial charge in [0, 0.05) is 19.2 Å². The minimum atomic E-state index is -0.910. The lowest BCUT2D eigenvalue weighted by Crippen LogP contribution is -2.38. The van der Waals surface area contributed by atoms with Gasteiger partial charge in [-0.3, -0.25) is 4.57 Å². The fraction of sp³-hybridized carbons (Fsp3) is 0.348. The molecule has 0 aliphatic carbocycles. The minimum Gasteiger partial charge on any atom is -0.454 e. The number of hydrogen-bond donors (Lipinski definition) is 0. The molecule has 3 heterocycles. The molecule has 0 amide bonds. The quantitative estimate of drug-likeness (QED) is 0.395. The van der Waals surface area contributed by atoms with E-state index in [0.29, 0.717) is 56.0 Å². The highest BCUT2D eigenvalue weighted by Gasteiger charge is 2.26. The number of hydrogen-bond acceptors (Lipinski definition) is 9. The van der Waals surface area contributed by atoms with Crippen LogP contribution in [0.4, 0.5) is 5.95 Å². The van der Waals surface area contributed by atoms with Gasteiger partial charge in [-0.2, -0.15) is 0 Å². The molecule has 5 rings (SSSR count). The summed E-state index contributed by atoms with van der Waals surface area (Å²) in [5.41, 5.74) is 1.06. The van der Waals surface area contributed by atoms with Gasteiger partial charge in [-0.1, -0.05) is 35.4 Å². The standard InChI is InChI=1S/C23H24N4O6/c1-16(21(28)33-18-7-8-19-20(13-18)31-15-30-19)32-23-25-24-22(26-9-11-29-12-10-26)27(23)14-17-5-3-2-4-6-17/h2-8,13,16H,9-12,14-15H2,1H3. The molecule has 0 bridgehead atoms. The van der Waals surface area contributed by atoms with E-state index in [1.165, 1.54) is 0 Å². The predicted octanol–water partition coefficient (Wildman–Crippen LogP) is 2.26. The number of nitrogens with zero attached hydrogens (tertiary/aromatic N) is 4. The molecule has 1 atom stereocenters. The van der Waals surface area contributed by atoms with E-state index in [0.717, 1.165) is 5.56 Å². The molecule has 1 fully saturated rings. The number of ether oxygens (including phenoxy) is 5. The molecule has 2 aliphatic rings. The molecular weight excluding hydrogens is 428 g/mol. The first-order valence-corrected chi connectivity index (χ1v) is 10.8. The largest absolute Gasteiger partial charge is 0.454 e. The van der Waals surface area contributed by atoms with Gasteiger partial charge in [-0.05, 0) is 24.6 Å². The third-order valence-electron chi connectivity index (χ3n) is 5.35. The van der Waals surface area contributed by atoms with Crippen LogP contribution < -0.4 is 23.8 Å². The second-order valence-electron chi connectivity index (χ2n) is 7.65. The lowest BCUT2D eigenvalue weighted by molar-refractivity contribution is -0.141. The van der Waals surface area contributed by atoms with E-state index in [9.17, 15) is 4.79 Å². The fourth-order valence-corrected chi connectivity index (χ4v) is 3.62. The van der Waals surface area contributed by atoms with Gasteiger partial charge < -0.3 is 28.6 Å². The average molecular weight is 452 g/mol. The van der Waals surface area contributed by atoms with Crippen LogP contribution in [0.15, 0.2) is 48.5 Å². The highest BCUT2D eigenvalue weighted by atomic mass is 16.7. The minimum absolute atomic E-state index is 0.148. The summed E-state index contributed by atoms with van der Waals surface area (Å²) in [7, 11) is 0. The molecule has 0 saturated carbocycles. The Morgan fingerprint density at radius 3 is 2.67 bits per heavy atom. The van der Waals surface area contributed by atoms with E-state index in [4.69, 9.17) is 23.7 Å². The van der Waals surface area contributed by atoms with E-state index < -0.39 is 12.1 Å². The number of rotatable bonds is 7. The zero-order chi connectivity index (χ0) is 22.6. The van der Waals surface area contributed by atoms with Crippen LogP contribution in [0.2, 0.25) is 0 Å². The number of carbonyl (C=O) groups excluding carboxylic acids is 1. The van der Waals surface area contributed by atoms with Crippen LogP contribution in [0.1, 0.15) is 12.5 Å². The summed E-state index contributed by atoms with van der Waals surface area (Å²) < 4.78 is 29.3. The molecular formula is C23H24N4O6. The van der Waals surface area contributed by atoms with Crippen LogP contribution in [0.5, 0.6) is 23.3 Å². The van der Waals surface area contributed by atoms with Gasteiger partial charge in [-0.15, -0.1) is 5.10 Å². The zero-order valence-electron chi connectivity index (χ0n) is 18.2. The number of benzene rings is 2. The summed E-state index contributed by atoms with van der Waals surface area (Å²) in [5.74, 6) is 1.61. The average Bonchev–Trinajstić information content (AvgIpc) is 3.47. The Morgan fingerprint density at radius 2 is 1.85 bits per heavy atom. The van der Waals surface area contributed by atoms with Crippen molar-refractivity contribution in [1.29, 1.82) is 0 Å². The fourth-order valence-electron chi connectivity index (χ4n) is 3.62. The molecule has 0 N–H and O–H groups in total. The maximum absolute atomic E-state index is 12.7. The number of esters is 1. The summed E-state index contributed by atoms with van der Waals surface area (Å²) in [6.07, 6.45) is -0.910. The second kappa shape index (κ2) is 9.37. The Morgan fingerprint density at radius 1 is 1.06 bits per heavy atom. The van der Waals surface area contributed by atoms with E-state index in [-0.39, 0.29) is 12.8 Å². The van der Waals surface area contributed by atoms with E-state index in [1.807, 2.05) is 34.9 Å². The first kappa shape index (κ1) is 21.1. The zero-order valence-corrected chi connectivity index (χ0v) is 18.2. The molecule has 1 unspecified atom stereocenters. The molecule has 1 saturated heterocycles. The number of anilines is 1. The highest BCUT2D eigenvalue weighted by molar-refractivity contribution is 5.77. The predicted molar refractivity (Wildman–Crippen MR) is 117 cm³/mol. The van der Waals surface area contributed by atoms with Crippen LogP contribution in [0, 0.1) is 0 Å². The maximum atomic E-state index is 12.7. The Bertz CT molecular complexity index is 1110. The van der Waals surface area contributed by atoms with Crippen molar-refractivity contribution in [2.24, 2.45) is 0 Å². The molecule has 10 heteroatoms. The Kier molecular flexibility index (Phi) is 5.99. The Balaban J connectivity index is 1.33. The van der Waals surface area contributed by atoms with Gasteiger partial charge in [0.05, 0.1) is 19.8 Å². The van der Waals surface area contributed by atoms with E-state index in [1.54, 1.807) is 25.1 Å². The molecule has 3 aromatic rings. The van der Waals surface area contributed by atoms with E-state index in [2.05, 4.69) is 15.1 Å². The van der Waals surface area contributed by atoms with Crippen LogP contribution in [-0.4, -0.2) is 59.9 Å². The summed E-state index contributed by atoms with van der Waals surface area (Å²) in [4.78, 5) is 14.8. The first-order chi connectivity index (χ1) is 16.2. The monoisotopic (exact) mass is 452 g/mol. The van der Waals surface area contributed by atoms with Crippen LogP contribution in [0.25, 0.3) is 0 Å². The topological polar surface area (TPSA) is 97.2 Å². The van der Waals surface area contributed by atoms with Crippen molar-refractivity contribution < 1.29 is 28.5 Å². The normalized spacial score (nSPS) is 15.8. The van der Waals surface area contributed by atoms with Gasteiger partial charge >= 0.3 is 12.0 Å². The van der Waals surface area contributed by atoms with Crippen molar-refractivity contribution in [2.75, 3.05) is 38.0 Å². The Labute approximate surface area is 190 Å². The van der Waals surface area contributed by atoms with Gasteiger partial charge in [-0.25, -0.2) is 4.79 Å². The molecule has 2 aliphatic heterocycles. The first-order valence-electron chi connectivity index (χ1n) is 10.8. The third kappa shape index (κ3) is 4.70. The second-order valence-corrected chi connectivity index (χ2v) is 7.65.